The Morgan fingerprint density at radius 3 is 2.67 bits per heavy atom. The number of carbonyl (C=O) groups is 2. The lowest BCUT2D eigenvalue weighted by atomic mass is 10.1. The van der Waals surface area contributed by atoms with E-state index in [1.54, 1.807) is 17.0 Å². The second-order valence-electron chi connectivity index (χ2n) is 6.71. The van der Waals surface area contributed by atoms with Crippen molar-refractivity contribution in [2.24, 2.45) is 0 Å². The molecule has 1 aliphatic heterocycles. The largest absolute Gasteiger partial charge is 0.478 e. The van der Waals surface area contributed by atoms with Crippen molar-refractivity contribution in [1.29, 1.82) is 0 Å². The molecule has 1 fully saturated rings. The van der Waals surface area contributed by atoms with Gasteiger partial charge in [-0.05, 0) is 37.6 Å². The number of urea groups is 1. The van der Waals surface area contributed by atoms with Gasteiger partial charge in [0.05, 0.1) is 37.1 Å². The van der Waals surface area contributed by atoms with Crippen LogP contribution in [-0.4, -0.2) is 57.6 Å². The summed E-state index contributed by atoms with van der Waals surface area (Å²) in [7, 11) is 0. The van der Waals surface area contributed by atoms with Gasteiger partial charge in [0.1, 0.15) is 0 Å². The molecule has 0 spiro atoms. The Hall–Kier alpha value is -2.87. The Labute approximate surface area is 157 Å². The maximum Gasteiger partial charge on any atom is 0.335 e. The van der Waals surface area contributed by atoms with Crippen molar-refractivity contribution in [2.75, 3.05) is 19.7 Å². The fourth-order valence-corrected chi connectivity index (χ4v) is 3.12. The molecule has 1 unspecified atom stereocenters. The molecule has 2 aromatic rings. The zero-order valence-corrected chi connectivity index (χ0v) is 15.5. The van der Waals surface area contributed by atoms with Crippen molar-refractivity contribution in [3.63, 3.8) is 0 Å². The molecule has 8 nitrogen and oxygen atoms in total. The molecule has 1 aromatic carbocycles. The highest BCUT2D eigenvalue weighted by atomic mass is 16.5. The molecule has 27 heavy (non-hydrogen) atoms. The summed E-state index contributed by atoms with van der Waals surface area (Å²) in [5.74, 6) is -0.965. The molecule has 1 aliphatic rings. The summed E-state index contributed by atoms with van der Waals surface area (Å²) in [6.45, 7) is 6.44. The quantitative estimate of drug-likeness (QED) is 0.834. The van der Waals surface area contributed by atoms with E-state index in [0.717, 1.165) is 17.0 Å². The second kappa shape index (κ2) is 8.22. The summed E-state index contributed by atoms with van der Waals surface area (Å²) in [6.07, 6.45) is -0.0997. The van der Waals surface area contributed by atoms with E-state index >= 15 is 0 Å². The van der Waals surface area contributed by atoms with E-state index in [2.05, 4.69) is 10.4 Å². The first-order chi connectivity index (χ1) is 12.9. The molecule has 1 aromatic heterocycles. The van der Waals surface area contributed by atoms with Gasteiger partial charge < -0.3 is 20.1 Å². The second-order valence-corrected chi connectivity index (χ2v) is 6.71. The summed E-state index contributed by atoms with van der Waals surface area (Å²) in [4.78, 5) is 25.1. The molecule has 2 N–H and O–H groups in total. The standard InChI is InChI=1S/C19H24N4O4/c1-13-9-14(2)23(21-13)12-17-11-22(7-8-27-17)19(26)20-10-15-3-5-16(6-4-15)18(24)25/h3-6,9,17H,7-8,10-12H2,1-2H3,(H,20,26)(H,24,25). The highest BCUT2D eigenvalue weighted by Crippen LogP contribution is 2.11. The average Bonchev–Trinajstić information content (AvgIpc) is 2.97. The van der Waals surface area contributed by atoms with E-state index in [1.165, 1.54) is 12.1 Å². The average molecular weight is 372 g/mol. The molecule has 144 valence electrons. The monoisotopic (exact) mass is 372 g/mol. The molecule has 2 amide bonds. The summed E-state index contributed by atoms with van der Waals surface area (Å²) >= 11 is 0. The maximum absolute atomic E-state index is 12.5. The van der Waals surface area contributed by atoms with Gasteiger partial charge >= 0.3 is 12.0 Å². The highest BCUT2D eigenvalue weighted by molar-refractivity contribution is 5.87. The van der Waals surface area contributed by atoms with Crippen molar-refractivity contribution in [2.45, 2.75) is 33.0 Å². The fourth-order valence-electron chi connectivity index (χ4n) is 3.12. The van der Waals surface area contributed by atoms with Crippen LogP contribution in [0.4, 0.5) is 4.79 Å². The van der Waals surface area contributed by atoms with Gasteiger partial charge in [0.15, 0.2) is 0 Å². The molecule has 0 bridgehead atoms. The summed E-state index contributed by atoms with van der Waals surface area (Å²) in [5, 5.41) is 16.2. The SMILES string of the molecule is Cc1cc(C)n(CC2CN(C(=O)NCc3ccc(C(=O)O)cc3)CCO2)n1. The summed E-state index contributed by atoms with van der Waals surface area (Å²) in [5.41, 5.74) is 3.11. The first-order valence-corrected chi connectivity index (χ1v) is 8.90. The number of rotatable bonds is 5. The van der Waals surface area contributed by atoms with E-state index < -0.39 is 5.97 Å². The lowest BCUT2D eigenvalue weighted by Crippen LogP contribution is -2.50. The lowest BCUT2D eigenvalue weighted by molar-refractivity contribution is -0.0240. The molecular formula is C19H24N4O4. The normalized spacial score (nSPS) is 17.0. The van der Waals surface area contributed by atoms with Crippen molar-refractivity contribution in [1.82, 2.24) is 20.0 Å². The van der Waals surface area contributed by atoms with E-state index in [1.807, 2.05) is 24.6 Å². The summed E-state index contributed by atoms with van der Waals surface area (Å²) < 4.78 is 7.69. The molecule has 1 atom stereocenters. The van der Waals surface area contributed by atoms with E-state index in [-0.39, 0.29) is 17.7 Å². The van der Waals surface area contributed by atoms with Crippen LogP contribution in [0.1, 0.15) is 27.3 Å². The highest BCUT2D eigenvalue weighted by Gasteiger charge is 2.25. The Balaban J connectivity index is 1.52. The van der Waals surface area contributed by atoms with E-state index in [4.69, 9.17) is 9.84 Å². The van der Waals surface area contributed by atoms with Crippen LogP contribution in [0, 0.1) is 13.8 Å². The number of carbonyl (C=O) groups excluding carboxylic acids is 1. The first kappa shape index (κ1) is 18.9. The topological polar surface area (TPSA) is 96.7 Å². The lowest BCUT2D eigenvalue weighted by Gasteiger charge is -2.33. The van der Waals surface area contributed by atoms with Crippen LogP contribution in [0.5, 0.6) is 0 Å². The molecule has 2 heterocycles. The first-order valence-electron chi connectivity index (χ1n) is 8.90. The minimum atomic E-state index is -0.965. The number of aryl methyl sites for hydroxylation is 2. The molecule has 0 radical (unpaired) electrons. The Morgan fingerprint density at radius 1 is 1.30 bits per heavy atom. The van der Waals surface area contributed by atoms with Crippen LogP contribution in [0.15, 0.2) is 30.3 Å². The molecule has 1 saturated heterocycles. The Bertz CT molecular complexity index is 816. The number of carboxylic acid groups (broad SMARTS) is 1. The number of hydrogen-bond acceptors (Lipinski definition) is 4. The Morgan fingerprint density at radius 2 is 2.04 bits per heavy atom. The van der Waals surface area contributed by atoms with Gasteiger partial charge in [-0.15, -0.1) is 0 Å². The van der Waals surface area contributed by atoms with Crippen LogP contribution >= 0.6 is 0 Å². The van der Waals surface area contributed by atoms with Crippen LogP contribution in [0.3, 0.4) is 0 Å². The number of amides is 2. The number of hydrogen-bond donors (Lipinski definition) is 2. The number of nitrogens with one attached hydrogen (secondary N) is 1. The van der Waals surface area contributed by atoms with Gasteiger partial charge in [0.2, 0.25) is 0 Å². The number of aromatic nitrogens is 2. The van der Waals surface area contributed by atoms with Gasteiger partial charge in [0.25, 0.3) is 0 Å². The van der Waals surface area contributed by atoms with Crippen molar-refractivity contribution in [3.8, 4) is 0 Å². The molecule has 0 aliphatic carbocycles. The van der Waals surface area contributed by atoms with Gasteiger partial charge in [-0.2, -0.15) is 5.10 Å². The number of ether oxygens (including phenoxy) is 1. The molecule has 8 heteroatoms. The fraction of sp³-hybridized carbons (Fsp3) is 0.421. The summed E-state index contributed by atoms with van der Waals surface area (Å²) in [6, 6.07) is 8.33. The van der Waals surface area contributed by atoms with Gasteiger partial charge in [-0.25, -0.2) is 9.59 Å². The van der Waals surface area contributed by atoms with Crippen molar-refractivity contribution in [3.05, 3.63) is 52.8 Å². The number of benzene rings is 1. The molecule has 0 saturated carbocycles. The van der Waals surface area contributed by atoms with Crippen molar-refractivity contribution >= 4 is 12.0 Å². The molecular weight excluding hydrogens is 348 g/mol. The van der Waals surface area contributed by atoms with Gasteiger partial charge in [-0.1, -0.05) is 12.1 Å². The van der Waals surface area contributed by atoms with Crippen LogP contribution in [0.2, 0.25) is 0 Å². The predicted octanol–water partition coefficient (Wildman–Crippen LogP) is 1.81. The predicted molar refractivity (Wildman–Crippen MR) is 98.7 cm³/mol. The van der Waals surface area contributed by atoms with Crippen LogP contribution in [0.25, 0.3) is 0 Å². The van der Waals surface area contributed by atoms with Crippen molar-refractivity contribution < 1.29 is 19.4 Å². The van der Waals surface area contributed by atoms with E-state index in [9.17, 15) is 9.59 Å². The number of morpholine rings is 1. The van der Waals surface area contributed by atoms with Gasteiger partial charge in [-0.3, -0.25) is 4.68 Å². The number of nitrogens with zero attached hydrogens (tertiary/aromatic N) is 3. The smallest absolute Gasteiger partial charge is 0.335 e. The zero-order valence-electron chi connectivity index (χ0n) is 15.5. The van der Waals surface area contributed by atoms with Crippen LogP contribution in [-0.2, 0) is 17.8 Å². The number of aromatic carboxylic acids is 1. The zero-order chi connectivity index (χ0) is 19.4. The van der Waals surface area contributed by atoms with Crippen LogP contribution < -0.4 is 5.32 Å². The third-order valence-corrected chi connectivity index (χ3v) is 4.55. The third-order valence-electron chi connectivity index (χ3n) is 4.55. The number of carboxylic acids is 1. The maximum atomic E-state index is 12.5. The van der Waals surface area contributed by atoms with Gasteiger partial charge in [0, 0.05) is 18.8 Å². The minimum absolute atomic E-state index is 0.0997. The Kier molecular flexibility index (Phi) is 5.75. The minimum Gasteiger partial charge on any atom is -0.478 e. The third kappa shape index (κ3) is 4.85. The van der Waals surface area contributed by atoms with E-state index in [0.29, 0.717) is 32.8 Å². The molecule has 3 rings (SSSR count).